The van der Waals surface area contributed by atoms with Crippen LogP contribution >= 0.6 is 8.25 Å². The first-order valence-electron chi connectivity index (χ1n) is 1.40. The summed E-state index contributed by atoms with van der Waals surface area (Å²) in [5, 5.41) is 0. The van der Waals surface area contributed by atoms with E-state index in [9.17, 15) is 13.3 Å². The minimum Gasteiger partial charge on any atom is -0.263 e. The van der Waals surface area contributed by atoms with Crippen LogP contribution in [0.5, 0.6) is 0 Å². The molecule has 0 atom stereocenters. The molecule has 0 aliphatic carbocycles. The van der Waals surface area contributed by atoms with E-state index < -0.39 is 14.5 Å². The summed E-state index contributed by atoms with van der Waals surface area (Å²) in [5.74, 6) is 0. The van der Waals surface area contributed by atoms with Crippen LogP contribution in [0.2, 0.25) is 0 Å². The number of hydrogen-bond acceptors (Lipinski definition) is 3. The first-order chi connectivity index (χ1) is 3.10. The number of rotatable bonds is 0. The lowest BCUT2D eigenvalue weighted by molar-refractivity contribution is -0.360. The molecule has 0 unspecified atom stereocenters. The van der Waals surface area contributed by atoms with Crippen molar-refractivity contribution >= 4 is 8.25 Å². The monoisotopic (exact) mass is 130 g/mol. The van der Waals surface area contributed by atoms with Gasteiger partial charge in [-0.3, -0.25) is 4.57 Å². The van der Waals surface area contributed by atoms with Gasteiger partial charge < -0.3 is 0 Å². The normalized spacial score (nSPS) is 29.4. The highest BCUT2D eigenvalue weighted by Gasteiger charge is 2.47. The van der Waals surface area contributed by atoms with Crippen LogP contribution in [0.25, 0.3) is 0 Å². The van der Waals surface area contributed by atoms with Crippen molar-refractivity contribution in [2.45, 2.75) is 6.29 Å². The van der Waals surface area contributed by atoms with E-state index in [1.165, 1.54) is 0 Å². The minimum absolute atomic E-state index is 2.80. The zero-order valence-electron chi connectivity index (χ0n) is 2.98. The van der Waals surface area contributed by atoms with Crippen molar-refractivity contribution in [2.75, 3.05) is 0 Å². The van der Waals surface area contributed by atoms with Crippen molar-refractivity contribution in [3.05, 3.63) is 0 Å². The maximum Gasteiger partial charge on any atom is 0.499 e. The molecule has 42 valence electrons. The maximum atomic E-state index is 11.2. The molecule has 0 bridgehead atoms. The molecular formula is CHF2O3P. The Morgan fingerprint density at radius 3 is 1.86 bits per heavy atom. The second kappa shape index (κ2) is 1.24. The molecular weight excluding hydrogens is 129 g/mol. The van der Waals surface area contributed by atoms with Crippen molar-refractivity contribution in [3.8, 4) is 0 Å². The van der Waals surface area contributed by atoms with E-state index >= 15 is 0 Å². The topological polar surface area (TPSA) is 35.5 Å². The SMILES string of the molecule is O=[PH]1OC(F)(F)O1. The van der Waals surface area contributed by atoms with Crippen molar-refractivity contribution in [3.63, 3.8) is 0 Å². The third-order valence-corrected chi connectivity index (χ3v) is 1.21. The van der Waals surface area contributed by atoms with E-state index in [1.807, 2.05) is 0 Å². The van der Waals surface area contributed by atoms with Gasteiger partial charge in [-0.15, -0.1) is 8.78 Å². The van der Waals surface area contributed by atoms with Crippen LogP contribution in [0.15, 0.2) is 0 Å². The Balaban J connectivity index is 2.43. The van der Waals surface area contributed by atoms with Crippen LogP contribution in [0, 0.1) is 0 Å². The molecule has 1 aliphatic rings. The molecule has 1 saturated heterocycles. The van der Waals surface area contributed by atoms with Crippen molar-refractivity contribution in [1.82, 2.24) is 0 Å². The maximum absolute atomic E-state index is 11.2. The van der Waals surface area contributed by atoms with E-state index in [-0.39, 0.29) is 0 Å². The predicted molar refractivity (Wildman–Crippen MR) is 16.1 cm³/mol. The fourth-order valence-electron chi connectivity index (χ4n) is 0.202. The Bertz CT molecular complexity index is 102. The van der Waals surface area contributed by atoms with Gasteiger partial charge in [-0.2, -0.15) is 0 Å². The summed E-state index contributed by atoms with van der Waals surface area (Å²) in [5.41, 5.74) is 0. The molecule has 7 heavy (non-hydrogen) atoms. The third kappa shape index (κ3) is 0.964. The lowest BCUT2D eigenvalue weighted by atomic mass is 11.3. The van der Waals surface area contributed by atoms with E-state index in [0.29, 0.717) is 0 Å². The molecule has 0 aromatic heterocycles. The molecule has 0 N–H and O–H groups in total. The van der Waals surface area contributed by atoms with Crippen LogP contribution in [0.3, 0.4) is 0 Å². The quantitative estimate of drug-likeness (QED) is 0.458. The zero-order valence-corrected chi connectivity index (χ0v) is 3.98. The van der Waals surface area contributed by atoms with Gasteiger partial charge in [-0.25, -0.2) is 9.05 Å². The largest absolute Gasteiger partial charge is 0.499 e. The van der Waals surface area contributed by atoms with Gasteiger partial charge >= 0.3 is 14.5 Å². The first kappa shape index (κ1) is 5.15. The summed E-state index contributed by atoms with van der Waals surface area (Å²) in [6, 6.07) is 0. The number of alkyl halides is 2. The molecule has 1 rings (SSSR count). The summed E-state index contributed by atoms with van der Waals surface area (Å²) < 4.78 is 38.5. The van der Waals surface area contributed by atoms with Gasteiger partial charge in [0.25, 0.3) is 0 Å². The lowest BCUT2D eigenvalue weighted by Gasteiger charge is -2.22. The summed E-state index contributed by atoms with van der Waals surface area (Å²) in [6.45, 7) is 0. The minimum atomic E-state index is -3.57. The van der Waals surface area contributed by atoms with Gasteiger partial charge in [0.05, 0.1) is 0 Å². The van der Waals surface area contributed by atoms with Gasteiger partial charge in [-0.05, 0) is 0 Å². The van der Waals surface area contributed by atoms with Crippen LogP contribution in [-0.4, -0.2) is 6.29 Å². The van der Waals surface area contributed by atoms with Crippen LogP contribution in [0.4, 0.5) is 8.78 Å². The zero-order chi connectivity index (χ0) is 5.49. The van der Waals surface area contributed by atoms with Gasteiger partial charge in [0.2, 0.25) is 0 Å². The van der Waals surface area contributed by atoms with Crippen LogP contribution in [0.1, 0.15) is 0 Å². The fourth-order valence-corrected chi connectivity index (χ4v) is 0.605. The second-order valence-electron chi connectivity index (χ2n) is 0.917. The Kier molecular flexibility index (Phi) is 0.916. The number of halogens is 2. The molecule has 1 fully saturated rings. The Labute approximate surface area is 38.2 Å². The summed E-state index contributed by atoms with van der Waals surface area (Å²) in [6.07, 6.45) is -3.57. The molecule has 0 radical (unpaired) electrons. The average Bonchev–Trinajstić information content (AvgIpc) is 1.27. The van der Waals surface area contributed by atoms with E-state index in [0.717, 1.165) is 0 Å². The lowest BCUT2D eigenvalue weighted by Crippen LogP contribution is -2.27. The van der Waals surface area contributed by atoms with Crippen molar-refractivity contribution in [2.24, 2.45) is 0 Å². The molecule has 0 amide bonds. The Morgan fingerprint density at radius 2 is 1.86 bits per heavy atom. The fraction of sp³-hybridized carbons (Fsp3) is 1.00. The smallest absolute Gasteiger partial charge is 0.263 e. The summed E-state index contributed by atoms with van der Waals surface area (Å²) in [7, 11) is -2.80. The number of hydrogen-bond donors (Lipinski definition) is 0. The molecule has 3 nitrogen and oxygen atoms in total. The predicted octanol–water partition coefficient (Wildman–Crippen LogP) is 0.973. The van der Waals surface area contributed by atoms with E-state index in [2.05, 4.69) is 9.05 Å². The highest BCUT2D eigenvalue weighted by molar-refractivity contribution is 7.34. The van der Waals surface area contributed by atoms with Gasteiger partial charge in [0, 0.05) is 0 Å². The van der Waals surface area contributed by atoms with Gasteiger partial charge in [0.15, 0.2) is 0 Å². The molecule has 0 aromatic carbocycles. The Morgan fingerprint density at radius 1 is 1.43 bits per heavy atom. The summed E-state index contributed by atoms with van der Waals surface area (Å²) in [4.78, 5) is 0. The van der Waals surface area contributed by atoms with Crippen molar-refractivity contribution in [1.29, 1.82) is 0 Å². The molecule has 0 aromatic rings. The van der Waals surface area contributed by atoms with Crippen LogP contribution < -0.4 is 0 Å². The first-order valence-corrected chi connectivity index (χ1v) is 2.62. The molecule has 0 saturated carbocycles. The average molecular weight is 130 g/mol. The molecule has 1 heterocycles. The van der Waals surface area contributed by atoms with Crippen molar-refractivity contribution < 1.29 is 22.4 Å². The second-order valence-corrected chi connectivity index (χ2v) is 1.83. The Hall–Kier alpha value is 0.01000. The summed E-state index contributed by atoms with van der Waals surface area (Å²) >= 11 is 0. The third-order valence-electron chi connectivity index (χ3n) is 0.404. The molecule has 1 aliphatic heterocycles. The van der Waals surface area contributed by atoms with Gasteiger partial charge in [0.1, 0.15) is 0 Å². The van der Waals surface area contributed by atoms with E-state index in [4.69, 9.17) is 0 Å². The standard InChI is InChI=1S/CHF2O3P/c2-1(3)5-7(4)6-1/h7H. The molecule has 6 heteroatoms. The van der Waals surface area contributed by atoms with E-state index in [1.54, 1.807) is 0 Å². The van der Waals surface area contributed by atoms with Crippen LogP contribution in [-0.2, 0) is 13.6 Å². The highest BCUT2D eigenvalue weighted by atomic mass is 31.1. The van der Waals surface area contributed by atoms with Gasteiger partial charge in [-0.1, -0.05) is 0 Å². The molecule has 0 spiro atoms. The highest BCUT2D eigenvalue weighted by Crippen LogP contribution is 2.49.